The van der Waals surface area contributed by atoms with Crippen molar-refractivity contribution in [3.05, 3.63) is 80.7 Å². The Morgan fingerprint density at radius 2 is 1.84 bits per heavy atom. The molecule has 4 rings (SSSR count). The summed E-state index contributed by atoms with van der Waals surface area (Å²) in [6.45, 7) is 4.45. The fourth-order valence-corrected chi connectivity index (χ4v) is 4.31. The molecule has 6 heteroatoms. The molecule has 1 unspecified atom stereocenters. The first-order chi connectivity index (χ1) is 15.0. The molecule has 1 N–H and O–H groups in total. The minimum absolute atomic E-state index is 0.0373. The third-order valence-corrected chi connectivity index (χ3v) is 6.22. The summed E-state index contributed by atoms with van der Waals surface area (Å²) in [6, 6.07) is 14.6. The number of fused-ring (bicyclic) bond motifs is 1. The van der Waals surface area contributed by atoms with Gasteiger partial charge in [0, 0.05) is 17.6 Å². The second-order valence-electron chi connectivity index (χ2n) is 8.03. The molecule has 162 valence electrons. The Kier molecular flexibility index (Phi) is 6.73. The maximum absolute atomic E-state index is 12.9. The Bertz CT molecular complexity index is 1120. The normalized spacial score (nSPS) is 15.7. The lowest BCUT2D eigenvalue weighted by Gasteiger charge is -2.35. The van der Waals surface area contributed by atoms with Gasteiger partial charge < -0.3 is 9.73 Å². The molecule has 0 saturated carbocycles. The summed E-state index contributed by atoms with van der Waals surface area (Å²) in [6.07, 6.45) is 4.37. The van der Waals surface area contributed by atoms with Gasteiger partial charge in [0.05, 0.1) is 11.4 Å². The molecule has 2 heterocycles. The molecular weight excluding hydrogens is 412 g/mol. The highest BCUT2D eigenvalue weighted by Gasteiger charge is 2.23. The van der Waals surface area contributed by atoms with E-state index in [9.17, 15) is 9.59 Å². The zero-order valence-corrected chi connectivity index (χ0v) is 18.5. The van der Waals surface area contributed by atoms with E-state index in [2.05, 4.69) is 10.2 Å². The number of likely N-dealkylation sites (tertiary alicyclic amines) is 1. The minimum atomic E-state index is -0.380. The van der Waals surface area contributed by atoms with Gasteiger partial charge in [0.1, 0.15) is 5.58 Å². The monoisotopic (exact) mass is 438 g/mol. The van der Waals surface area contributed by atoms with Crippen molar-refractivity contribution < 1.29 is 9.21 Å². The summed E-state index contributed by atoms with van der Waals surface area (Å²) in [5.41, 5.74) is 2.40. The number of carbonyl (C=O) groups excluding carboxylic acids is 1. The van der Waals surface area contributed by atoms with Crippen LogP contribution in [0.5, 0.6) is 0 Å². The summed E-state index contributed by atoms with van der Waals surface area (Å²) in [5, 5.41) is 4.17. The molecule has 1 aromatic heterocycles. The molecule has 3 aromatic rings. The molecule has 1 saturated heterocycles. The van der Waals surface area contributed by atoms with Crippen molar-refractivity contribution in [1.82, 2.24) is 10.2 Å². The Balaban J connectivity index is 1.54. The highest BCUT2D eigenvalue weighted by Crippen LogP contribution is 2.25. The second-order valence-corrected chi connectivity index (χ2v) is 8.47. The van der Waals surface area contributed by atoms with Crippen molar-refractivity contribution in [3.63, 3.8) is 0 Å². The smallest absolute Gasteiger partial charge is 0.287 e. The summed E-state index contributed by atoms with van der Waals surface area (Å²) in [7, 11) is 0. The molecule has 1 atom stereocenters. The van der Waals surface area contributed by atoms with Crippen LogP contribution >= 0.6 is 11.6 Å². The van der Waals surface area contributed by atoms with E-state index in [1.54, 1.807) is 6.07 Å². The van der Waals surface area contributed by atoms with Crippen molar-refractivity contribution in [2.24, 2.45) is 0 Å². The van der Waals surface area contributed by atoms with Crippen molar-refractivity contribution in [3.8, 4) is 0 Å². The van der Waals surface area contributed by atoms with Gasteiger partial charge >= 0.3 is 0 Å². The molecule has 1 aliphatic heterocycles. The predicted molar refractivity (Wildman–Crippen MR) is 124 cm³/mol. The standard InChI is InChI=1S/C25H27ClN2O3/c1-2-17-6-11-23-20(14-17)22(29)15-24(31-23)25(30)27-16-21(28-12-4-3-5-13-28)18-7-9-19(26)10-8-18/h6-11,14-15,21H,2-5,12-13,16H2,1H3,(H,27,30). The van der Waals surface area contributed by atoms with Crippen LogP contribution in [0.25, 0.3) is 11.0 Å². The first-order valence-electron chi connectivity index (χ1n) is 10.9. The number of hydrogen-bond donors (Lipinski definition) is 1. The number of carbonyl (C=O) groups is 1. The Labute approximate surface area is 187 Å². The maximum atomic E-state index is 12.9. The lowest BCUT2D eigenvalue weighted by Crippen LogP contribution is -2.40. The Hall–Kier alpha value is -2.63. The van der Waals surface area contributed by atoms with E-state index in [1.807, 2.05) is 43.3 Å². The topological polar surface area (TPSA) is 62.6 Å². The number of halogens is 1. The van der Waals surface area contributed by atoms with E-state index in [0.717, 1.165) is 43.5 Å². The molecule has 5 nitrogen and oxygen atoms in total. The van der Waals surface area contributed by atoms with Crippen molar-refractivity contribution >= 4 is 28.5 Å². The number of rotatable bonds is 6. The zero-order valence-electron chi connectivity index (χ0n) is 17.7. The van der Waals surface area contributed by atoms with Crippen LogP contribution in [0.15, 0.2) is 57.7 Å². The lowest BCUT2D eigenvalue weighted by atomic mass is 10.0. The number of piperidine rings is 1. The molecule has 0 aliphatic carbocycles. The fourth-order valence-electron chi connectivity index (χ4n) is 4.18. The molecular formula is C25H27ClN2O3. The van der Waals surface area contributed by atoms with Gasteiger partial charge in [-0.25, -0.2) is 0 Å². The van der Waals surface area contributed by atoms with Gasteiger partial charge in [-0.15, -0.1) is 0 Å². The number of hydrogen-bond acceptors (Lipinski definition) is 4. The molecule has 0 bridgehead atoms. The molecule has 1 amide bonds. The first kappa shape index (κ1) is 21.6. The van der Waals surface area contributed by atoms with E-state index in [-0.39, 0.29) is 23.1 Å². The van der Waals surface area contributed by atoms with Gasteiger partial charge in [-0.1, -0.05) is 43.1 Å². The van der Waals surface area contributed by atoms with Crippen molar-refractivity contribution in [2.45, 2.75) is 38.6 Å². The summed E-state index contributed by atoms with van der Waals surface area (Å²) < 4.78 is 5.76. The van der Waals surface area contributed by atoms with E-state index in [1.165, 1.54) is 12.5 Å². The van der Waals surface area contributed by atoms with E-state index in [0.29, 0.717) is 22.5 Å². The summed E-state index contributed by atoms with van der Waals surface area (Å²) in [4.78, 5) is 27.8. The SMILES string of the molecule is CCc1ccc2oc(C(=O)NCC(c3ccc(Cl)cc3)N3CCCCC3)cc(=O)c2c1. The molecule has 1 aliphatic rings. The number of nitrogens with zero attached hydrogens (tertiary/aromatic N) is 1. The Morgan fingerprint density at radius 1 is 1.10 bits per heavy atom. The second kappa shape index (κ2) is 9.67. The van der Waals surface area contributed by atoms with Crippen LogP contribution in [-0.4, -0.2) is 30.4 Å². The van der Waals surface area contributed by atoms with Crippen LogP contribution in [0.3, 0.4) is 0 Å². The van der Waals surface area contributed by atoms with Crippen LogP contribution in [0.1, 0.15) is 53.9 Å². The average Bonchev–Trinajstić information content (AvgIpc) is 2.80. The van der Waals surface area contributed by atoms with E-state index in [4.69, 9.17) is 16.0 Å². The van der Waals surface area contributed by atoms with E-state index >= 15 is 0 Å². The number of aryl methyl sites for hydroxylation is 1. The highest BCUT2D eigenvalue weighted by molar-refractivity contribution is 6.30. The highest BCUT2D eigenvalue weighted by atomic mass is 35.5. The van der Waals surface area contributed by atoms with Crippen LogP contribution in [-0.2, 0) is 6.42 Å². The summed E-state index contributed by atoms with van der Waals surface area (Å²) in [5.74, 6) is -0.343. The van der Waals surface area contributed by atoms with Gasteiger partial charge in [-0.3, -0.25) is 14.5 Å². The average molecular weight is 439 g/mol. The summed E-state index contributed by atoms with van der Waals surface area (Å²) >= 11 is 6.07. The molecule has 0 radical (unpaired) electrons. The first-order valence-corrected chi connectivity index (χ1v) is 11.3. The van der Waals surface area contributed by atoms with Crippen LogP contribution in [0.4, 0.5) is 0 Å². The van der Waals surface area contributed by atoms with Gasteiger partial charge in [0.15, 0.2) is 11.2 Å². The molecule has 0 spiro atoms. The largest absolute Gasteiger partial charge is 0.451 e. The van der Waals surface area contributed by atoms with Gasteiger partial charge in [-0.2, -0.15) is 0 Å². The predicted octanol–water partition coefficient (Wildman–Crippen LogP) is 4.97. The quantitative estimate of drug-likeness (QED) is 0.590. The van der Waals surface area contributed by atoms with Gasteiger partial charge in [0.25, 0.3) is 5.91 Å². The molecule has 31 heavy (non-hydrogen) atoms. The third kappa shape index (κ3) is 5.00. The van der Waals surface area contributed by atoms with Gasteiger partial charge in [-0.05, 0) is 67.7 Å². The fraction of sp³-hybridized carbons (Fsp3) is 0.360. The maximum Gasteiger partial charge on any atom is 0.287 e. The van der Waals surface area contributed by atoms with Crippen LogP contribution in [0, 0.1) is 0 Å². The zero-order chi connectivity index (χ0) is 21.8. The molecule has 1 fully saturated rings. The lowest BCUT2D eigenvalue weighted by molar-refractivity contribution is 0.0897. The van der Waals surface area contributed by atoms with Crippen molar-refractivity contribution in [2.75, 3.05) is 19.6 Å². The van der Waals surface area contributed by atoms with Crippen LogP contribution in [0.2, 0.25) is 5.02 Å². The van der Waals surface area contributed by atoms with Gasteiger partial charge in [0.2, 0.25) is 0 Å². The molecule has 2 aromatic carbocycles. The number of amides is 1. The Morgan fingerprint density at radius 3 is 2.55 bits per heavy atom. The van der Waals surface area contributed by atoms with E-state index < -0.39 is 0 Å². The number of nitrogens with one attached hydrogen (secondary N) is 1. The van der Waals surface area contributed by atoms with Crippen LogP contribution < -0.4 is 10.7 Å². The number of benzene rings is 2. The minimum Gasteiger partial charge on any atom is -0.451 e. The van der Waals surface area contributed by atoms with Crippen molar-refractivity contribution in [1.29, 1.82) is 0 Å². The third-order valence-electron chi connectivity index (χ3n) is 5.97.